The van der Waals surface area contributed by atoms with E-state index in [1.165, 1.54) is 16.7 Å². The van der Waals surface area contributed by atoms with Gasteiger partial charge in [0.25, 0.3) is 0 Å². The summed E-state index contributed by atoms with van der Waals surface area (Å²) in [4.78, 5) is 2.32. The van der Waals surface area contributed by atoms with Gasteiger partial charge < -0.3 is 10.6 Å². The highest BCUT2D eigenvalue weighted by Crippen LogP contribution is 2.19. The molecule has 0 spiro atoms. The number of hydrogen-bond acceptors (Lipinski definition) is 2. The molecule has 0 heterocycles. The number of halogens is 1. The minimum absolute atomic E-state index is 0.110. The van der Waals surface area contributed by atoms with Crippen molar-refractivity contribution in [1.82, 2.24) is 4.90 Å². The highest BCUT2D eigenvalue weighted by molar-refractivity contribution is 9.10. The Bertz CT molecular complexity index is 566. The Hall–Kier alpha value is -1.16. The molecule has 21 heavy (non-hydrogen) atoms. The van der Waals surface area contributed by atoms with Crippen LogP contribution in [0.5, 0.6) is 0 Å². The summed E-state index contributed by atoms with van der Waals surface area (Å²) in [6.45, 7) is 4.07. The number of rotatable bonds is 6. The normalized spacial score (nSPS) is 12.6. The van der Waals surface area contributed by atoms with E-state index >= 15 is 0 Å². The summed E-state index contributed by atoms with van der Waals surface area (Å²) in [6, 6.07) is 17.0. The second kappa shape index (κ2) is 7.74. The third-order valence-corrected chi connectivity index (χ3v) is 4.30. The van der Waals surface area contributed by atoms with Gasteiger partial charge in [-0.05, 0) is 55.8 Å². The first-order chi connectivity index (χ1) is 10.1. The van der Waals surface area contributed by atoms with E-state index in [-0.39, 0.29) is 6.04 Å². The Morgan fingerprint density at radius 2 is 1.76 bits per heavy atom. The fourth-order valence-corrected chi connectivity index (χ4v) is 2.76. The number of nitrogens with two attached hydrogens (primary N) is 1. The summed E-state index contributed by atoms with van der Waals surface area (Å²) in [5.41, 5.74) is 10.2. The van der Waals surface area contributed by atoms with Crippen molar-refractivity contribution in [3.8, 4) is 0 Å². The summed E-state index contributed by atoms with van der Waals surface area (Å²) >= 11 is 3.46. The Morgan fingerprint density at radius 3 is 2.43 bits per heavy atom. The molecule has 2 aromatic carbocycles. The van der Waals surface area contributed by atoms with Crippen molar-refractivity contribution in [1.29, 1.82) is 0 Å². The van der Waals surface area contributed by atoms with Crippen molar-refractivity contribution < 1.29 is 0 Å². The van der Waals surface area contributed by atoms with Gasteiger partial charge in [0.15, 0.2) is 0 Å². The van der Waals surface area contributed by atoms with Gasteiger partial charge in [-0.15, -0.1) is 0 Å². The molecule has 2 N–H and O–H groups in total. The Balaban J connectivity index is 1.85. The van der Waals surface area contributed by atoms with Crippen molar-refractivity contribution in [2.75, 3.05) is 13.6 Å². The maximum atomic E-state index is 6.32. The van der Waals surface area contributed by atoms with Gasteiger partial charge in [-0.1, -0.05) is 52.3 Å². The lowest BCUT2D eigenvalue weighted by Crippen LogP contribution is -2.23. The van der Waals surface area contributed by atoms with Gasteiger partial charge in [0, 0.05) is 17.1 Å². The third-order valence-electron chi connectivity index (χ3n) is 3.78. The van der Waals surface area contributed by atoms with Gasteiger partial charge in [-0.3, -0.25) is 0 Å². The van der Waals surface area contributed by atoms with Crippen molar-refractivity contribution in [3.05, 3.63) is 69.7 Å². The van der Waals surface area contributed by atoms with Gasteiger partial charge >= 0.3 is 0 Å². The van der Waals surface area contributed by atoms with Crippen LogP contribution in [-0.2, 0) is 6.54 Å². The minimum Gasteiger partial charge on any atom is -0.324 e. The Kier molecular flexibility index (Phi) is 5.97. The summed E-state index contributed by atoms with van der Waals surface area (Å²) in [6.07, 6.45) is 0.970. The predicted octanol–water partition coefficient (Wildman–Crippen LogP) is 4.28. The van der Waals surface area contributed by atoms with Crippen LogP contribution in [0.1, 0.15) is 29.2 Å². The van der Waals surface area contributed by atoms with E-state index in [0.717, 1.165) is 24.0 Å². The van der Waals surface area contributed by atoms with Crippen LogP contribution in [-0.4, -0.2) is 18.5 Å². The molecule has 112 valence electrons. The highest BCUT2D eigenvalue weighted by Gasteiger charge is 2.09. The number of benzene rings is 2. The van der Waals surface area contributed by atoms with Gasteiger partial charge in [0.05, 0.1) is 0 Å². The summed E-state index contributed by atoms with van der Waals surface area (Å²) < 4.78 is 1.12. The van der Waals surface area contributed by atoms with E-state index in [9.17, 15) is 0 Å². The van der Waals surface area contributed by atoms with Crippen molar-refractivity contribution in [2.24, 2.45) is 5.73 Å². The molecule has 2 nitrogen and oxygen atoms in total. The maximum absolute atomic E-state index is 6.32. The number of aryl methyl sites for hydroxylation is 1. The summed E-state index contributed by atoms with van der Waals surface area (Å²) in [5.74, 6) is 0. The second-order valence-corrected chi connectivity index (χ2v) is 6.53. The van der Waals surface area contributed by atoms with Crippen LogP contribution in [0, 0.1) is 6.92 Å². The predicted molar refractivity (Wildman–Crippen MR) is 93.2 cm³/mol. The smallest absolute Gasteiger partial charge is 0.0309 e. The highest BCUT2D eigenvalue weighted by atomic mass is 79.9. The molecule has 2 aromatic rings. The zero-order valence-electron chi connectivity index (χ0n) is 12.7. The third kappa shape index (κ3) is 4.95. The topological polar surface area (TPSA) is 29.3 Å². The van der Waals surface area contributed by atoms with Crippen molar-refractivity contribution in [3.63, 3.8) is 0 Å². The van der Waals surface area contributed by atoms with Crippen LogP contribution < -0.4 is 5.73 Å². The molecule has 0 saturated carbocycles. The lowest BCUT2D eigenvalue weighted by Gasteiger charge is -2.20. The molecular formula is C18H23BrN2. The SMILES string of the molecule is Cc1ccccc1C(N)CCN(C)Cc1ccc(Br)cc1. The molecule has 0 bridgehead atoms. The molecule has 3 heteroatoms. The zero-order valence-corrected chi connectivity index (χ0v) is 14.3. The number of hydrogen-bond donors (Lipinski definition) is 1. The molecule has 0 aliphatic heterocycles. The van der Waals surface area contributed by atoms with Crippen molar-refractivity contribution in [2.45, 2.75) is 25.9 Å². The Morgan fingerprint density at radius 1 is 1.10 bits per heavy atom. The second-order valence-electron chi connectivity index (χ2n) is 5.62. The van der Waals surface area contributed by atoms with Crippen LogP contribution in [0.25, 0.3) is 0 Å². The molecule has 0 aliphatic carbocycles. The fraction of sp³-hybridized carbons (Fsp3) is 0.333. The first kappa shape index (κ1) is 16.2. The van der Waals surface area contributed by atoms with E-state index in [1.54, 1.807) is 0 Å². The maximum Gasteiger partial charge on any atom is 0.0309 e. The summed E-state index contributed by atoms with van der Waals surface area (Å²) in [5, 5.41) is 0. The monoisotopic (exact) mass is 346 g/mol. The fourth-order valence-electron chi connectivity index (χ4n) is 2.50. The minimum atomic E-state index is 0.110. The van der Waals surface area contributed by atoms with E-state index < -0.39 is 0 Å². The molecule has 0 amide bonds. The van der Waals surface area contributed by atoms with Gasteiger partial charge in [-0.2, -0.15) is 0 Å². The van der Waals surface area contributed by atoms with Crippen LogP contribution in [0.3, 0.4) is 0 Å². The lowest BCUT2D eigenvalue weighted by atomic mass is 9.99. The zero-order chi connectivity index (χ0) is 15.2. The molecule has 2 rings (SSSR count). The first-order valence-corrected chi connectivity index (χ1v) is 8.09. The van der Waals surface area contributed by atoms with Crippen molar-refractivity contribution >= 4 is 15.9 Å². The molecule has 0 radical (unpaired) electrons. The van der Waals surface area contributed by atoms with E-state index in [2.05, 4.69) is 83.3 Å². The Labute approximate surface area is 136 Å². The molecule has 1 unspecified atom stereocenters. The number of nitrogens with zero attached hydrogens (tertiary/aromatic N) is 1. The van der Waals surface area contributed by atoms with Crippen LogP contribution in [0.15, 0.2) is 53.0 Å². The van der Waals surface area contributed by atoms with Crippen LogP contribution in [0.2, 0.25) is 0 Å². The summed E-state index contributed by atoms with van der Waals surface area (Å²) in [7, 11) is 2.15. The van der Waals surface area contributed by atoms with E-state index in [1.807, 2.05) is 0 Å². The van der Waals surface area contributed by atoms with Gasteiger partial charge in [0.2, 0.25) is 0 Å². The lowest BCUT2D eigenvalue weighted by molar-refractivity contribution is 0.311. The molecule has 1 atom stereocenters. The first-order valence-electron chi connectivity index (χ1n) is 7.30. The average molecular weight is 347 g/mol. The van der Waals surface area contributed by atoms with E-state index in [4.69, 9.17) is 5.73 Å². The average Bonchev–Trinajstić information content (AvgIpc) is 2.48. The molecular weight excluding hydrogens is 324 g/mol. The van der Waals surface area contributed by atoms with Crippen LogP contribution in [0.4, 0.5) is 0 Å². The standard InChI is InChI=1S/C18H23BrN2/c1-14-5-3-4-6-17(14)18(20)11-12-21(2)13-15-7-9-16(19)10-8-15/h3-10,18H,11-13,20H2,1-2H3. The molecule has 0 aromatic heterocycles. The largest absolute Gasteiger partial charge is 0.324 e. The quantitative estimate of drug-likeness (QED) is 0.845. The molecule has 0 saturated heterocycles. The van der Waals surface area contributed by atoms with Crippen LogP contribution >= 0.6 is 15.9 Å². The van der Waals surface area contributed by atoms with E-state index in [0.29, 0.717) is 0 Å². The van der Waals surface area contributed by atoms with Gasteiger partial charge in [-0.25, -0.2) is 0 Å². The molecule has 0 fully saturated rings. The molecule has 0 aliphatic rings. The van der Waals surface area contributed by atoms with Gasteiger partial charge in [0.1, 0.15) is 0 Å².